The predicted molar refractivity (Wildman–Crippen MR) is 77.7 cm³/mol. The maximum Gasteiger partial charge on any atom is 0.292 e. The normalized spacial score (nSPS) is 10.1. The van der Waals surface area contributed by atoms with Gasteiger partial charge in [0.2, 0.25) is 0 Å². The Bertz CT molecular complexity index is 700. The highest BCUT2D eigenvalue weighted by Gasteiger charge is 2.18. The summed E-state index contributed by atoms with van der Waals surface area (Å²) in [6.45, 7) is 2.19. The van der Waals surface area contributed by atoms with Crippen LogP contribution in [0.1, 0.15) is 21.5 Å². The Morgan fingerprint density at radius 2 is 2.19 bits per heavy atom. The first-order valence-corrected chi connectivity index (χ1v) is 6.21. The fourth-order valence-corrected chi connectivity index (χ4v) is 1.86. The number of pyridine rings is 1. The van der Waals surface area contributed by atoms with Gasteiger partial charge in [-0.2, -0.15) is 0 Å². The first-order valence-electron chi connectivity index (χ1n) is 6.21. The van der Waals surface area contributed by atoms with Gasteiger partial charge in [0.1, 0.15) is 5.69 Å². The zero-order valence-corrected chi connectivity index (χ0v) is 11.4. The number of nitro groups is 1. The second-order valence-electron chi connectivity index (χ2n) is 4.48. The van der Waals surface area contributed by atoms with Crippen LogP contribution < -0.4 is 11.1 Å². The van der Waals surface area contributed by atoms with Crippen molar-refractivity contribution in [3.8, 4) is 0 Å². The monoisotopic (exact) mass is 286 g/mol. The van der Waals surface area contributed by atoms with Crippen molar-refractivity contribution >= 4 is 17.3 Å². The summed E-state index contributed by atoms with van der Waals surface area (Å²) in [6.07, 6.45) is 3.33. The first-order chi connectivity index (χ1) is 10.0. The molecule has 1 heterocycles. The molecule has 1 amide bonds. The van der Waals surface area contributed by atoms with E-state index in [1.807, 2.05) is 13.0 Å². The predicted octanol–water partition coefficient (Wildman–Crippen LogP) is 1.81. The lowest BCUT2D eigenvalue weighted by molar-refractivity contribution is -0.383. The molecule has 0 bridgehead atoms. The lowest BCUT2D eigenvalue weighted by Gasteiger charge is -2.09. The molecular weight excluding hydrogens is 272 g/mol. The van der Waals surface area contributed by atoms with Crippen molar-refractivity contribution in [3.63, 3.8) is 0 Å². The summed E-state index contributed by atoms with van der Waals surface area (Å²) in [7, 11) is 0. The fraction of sp³-hybridized carbons (Fsp3) is 0.143. The Morgan fingerprint density at radius 3 is 2.86 bits per heavy atom. The second kappa shape index (κ2) is 6.00. The lowest BCUT2D eigenvalue weighted by atomic mass is 10.1. The molecule has 21 heavy (non-hydrogen) atoms. The minimum Gasteiger partial charge on any atom is -0.393 e. The number of benzene rings is 1. The standard InChI is InChI=1S/C14H14N4O3/c1-9-5-6-16-7-10(9)8-17-14(19)11-3-2-4-12(13(11)15)18(20)21/h2-7H,8,15H2,1H3,(H,17,19). The smallest absolute Gasteiger partial charge is 0.292 e. The molecular formula is C14H14N4O3. The first kappa shape index (κ1) is 14.4. The molecule has 108 valence electrons. The highest BCUT2D eigenvalue weighted by molar-refractivity contribution is 6.00. The molecule has 0 unspecified atom stereocenters. The van der Waals surface area contributed by atoms with Crippen molar-refractivity contribution in [3.05, 3.63) is 63.5 Å². The van der Waals surface area contributed by atoms with Gasteiger partial charge in [0.05, 0.1) is 10.5 Å². The summed E-state index contributed by atoms with van der Waals surface area (Å²) in [4.78, 5) is 26.3. The van der Waals surface area contributed by atoms with Crippen LogP contribution in [0, 0.1) is 17.0 Å². The highest BCUT2D eigenvalue weighted by Crippen LogP contribution is 2.24. The molecule has 0 aliphatic heterocycles. The number of nitro benzene ring substituents is 1. The van der Waals surface area contributed by atoms with Crippen molar-refractivity contribution in [1.29, 1.82) is 0 Å². The zero-order chi connectivity index (χ0) is 15.4. The Hall–Kier alpha value is -2.96. The van der Waals surface area contributed by atoms with E-state index in [2.05, 4.69) is 10.3 Å². The number of carbonyl (C=O) groups excluding carboxylic acids is 1. The summed E-state index contributed by atoms with van der Waals surface area (Å²) >= 11 is 0. The van der Waals surface area contributed by atoms with Crippen LogP contribution in [0.4, 0.5) is 11.4 Å². The van der Waals surface area contributed by atoms with Crippen LogP contribution in [-0.4, -0.2) is 15.8 Å². The number of anilines is 1. The topological polar surface area (TPSA) is 111 Å². The number of aromatic nitrogens is 1. The molecule has 2 rings (SSSR count). The van der Waals surface area contributed by atoms with E-state index in [0.29, 0.717) is 0 Å². The molecule has 0 fully saturated rings. The molecule has 7 nitrogen and oxygen atoms in total. The molecule has 0 radical (unpaired) electrons. The van der Waals surface area contributed by atoms with Crippen LogP contribution in [0.15, 0.2) is 36.7 Å². The third-order valence-corrected chi connectivity index (χ3v) is 3.11. The average molecular weight is 286 g/mol. The number of aryl methyl sites for hydroxylation is 1. The molecule has 1 aromatic heterocycles. The van der Waals surface area contributed by atoms with E-state index in [1.165, 1.54) is 18.2 Å². The molecule has 0 saturated carbocycles. The number of nitrogens with one attached hydrogen (secondary N) is 1. The van der Waals surface area contributed by atoms with E-state index in [4.69, 9.17) is 5.73 Å². The molecule has 2 aromatic rings. The number of nitrogens with zero attached hydrogens (tertiary/aromatic N) is 2. The summed E-state index contributed by atoms with van der Waals surface area (Å²) in [5, 5.41) is 13.5. The van der Waals surface area contributed by atoms with Crippen LogP contribution in [-0.2, 0) is 6.54 Å². The Balaban J connectivity index is 2.16. The fourth-order valence-electron chi connectivity index (χ4n) is 1.86. The summed E-state index contributed by atoms with van der Waals surface area (Å²) in [6, 6.07) is 5.98. The second-order valence-corrected chi connectivity index (χ2v) is 4.48. The number of para-hydroxylation sites is 1. The lowest BCUT2D eigenvalue weighted by Crippen LogP contribution is -2.24. The summed E-state index contributed by atoms with van der Waals surface area (Å²) in [5.41, 5.74) is 7.21. The number of carbonyl (C=O) groups is 1. The largest absolute Gasteiger partial charge is 0.393 e. The van der Waals surface area contributed by atoms with Crippen molar-refractivity contribution in [2.24, 2.45) is 0 Å². The average Bonchev–Trinajstić information content (AvgIpc) is 2.46. The number of hydrogen-bond donors (Lipinski definition) is 2. The molecule has 7 heteroatoms. The number of amides is 1. The van der Waals surface area contributed by atoms with Gasteiger partial charge in [-0.05, 0) is 30.2 Å². The minimum absolute atomic E-state index is 0.0887. The Labute approximate surface area is 121 Å². The van der Waals surface area contributed by atoms with Crippen LogP contribution in [0.5, 0.6) is 0 Å². The Morgan fingerprint density at radius 1 is 1.43 bits per heavy atom. The van der Waals surface area contributed by atoms with Crippen molar-refractivity contribution < 1.29 is 9.72 Å². The van der Waals surface area contributed by atoms with Gasteiger partial charge in [0, 0.05) is 25.0 Å². The van der Waals surface area contributed by atoms with Crippen LogP contribution >= 0.6 is 0 Å². The number of hydrogen-bond acceptors (Lipinski definition) is 5. The number of nitrogen functional groups attached to an aromatic ring is 1. The van der Waals surface area contributed by atoms with Crippen molar-refractivity contribution in [2.45, 2.75) is 13.5 Å². The molecule has 0 atom stereocenters. The maximum absolute atomic E-state index is 12.1. The maximum atomic E-state index is 12.1. The zero-order valence-electron chi connectivity index (χ0n) is 11.4. The van der Waals surface area contributed by atoms with Crippen LogP contribution in [0.2, 0.25) is 0 Å². The summed E-state index contributed by atoms with van der Waals surface area (Å²) < 4.78 is 0. The van der Waals surface area contributed by atoms with E-state index in [-0.39, 0.29) is 23.5 Å². The van der Waals surface area contributed by atoms with Crippen LogP contribution in [0.25, 0.3) is 0 Å². The van der Waals surface area contributed by atoms with E-state index in [9.17, 15) is 14.9 Å². The molecule has 0 aliphatic rings. The van der Waals surface area contributed by atoms with E-state index in [0.717, 1.165) is 11.1 Å². The molecule has 1 aromatic carbocycles. The third-order valence-electron chi connectivity index (χ3n) is 3.11. The highest BCUT2D eigenvalue weighted by atomic mass is 16.6. The van der Waals surface area contributed by atoms with E-state index in [1.54, 1.807) is 12.4 Å². The van der Waals surface area contributed by atoms with Gasteiger partial charge in [-0.15, -0.1) is 0 Å². The quantitative estimate of drug-likeness (QED) is 0.506. The minimum atomic E-state index is -0.614. The van der Waals surface area contributed by atoms with Gasteiger partial charge < -0.3 is 11.1 Å². The number of nitrogens with two attached hydrogens (primary N) is 1. The van der Waals surface area contributed by atoms with Gasteiger partial charge >= 0.3 is 0 Å². The number of rotatable bonds is 4. The summed E-state index contributed by atoms with van der Waals surface area (Å²) in [5.74, 6) is -0.459. The van der Waals surface area contributed by atoms with Gasteiger partial charge in [-0.3, -0.25) is 19.9 Å². The molecule has 0 aliphatic carbocycles. The van der Waals surface area contributed by atoms with Crippen LogP contribution in [0.3, 0.4) is 0 Å². The van der Waals surface area contributed by atoms with Gasteiger partial charge in [0.25, 0.3) is 11.6 Å². The van der Waals surface area contributed by atoms with Gasteiger partial charge in [-0.25, -0.2) is 0 Å². The Kier molecular flexibility index (Phi) is 4.13. The molecule has 3 N–H and O–H groups in total. The van der Waals surface area contributed by atoms with Crippen molar-refractivity contribution in [1.82, 2.24) is 10.3 Å². The van der Waals surface area contributed by atoms with Crippen molar-refractivity contribution in [2.75, 3.05) is 5.73 Å². The third kappa shape index (κ3) is 3.14. The van der Waals surface area contributed by atoms with Gasteiger partial charge in [0.15, 0.2) is 0 Å². The van der Waals surface area contributed by atoms with E-state index >= 15 is 0 Å². The SMILES string of the molecule is Cc1ccncc1CNC(=O)c1cccc([N+](=O)[O-])c1N. The van der Waals surface area contributed by atoms with Gasteiger partial charge in [-0.1, -0.05) is 6.07 Å². The molecule has 0 spiro atoms. The molecule has 0 saturated heterocycles. The van der Waals surface area contributed by atoms with E-state index < -0.39 is 10.8 Å².